The number of ether oxygens (including phenoxy) is 1. The van der Waals surface area contributed by atoms with Crippen molar-refractivity contribution in [1.82, 2.24) is 20.1 Å². The van der Waals surface area contributed by atoms with E-state index in [1.807, 2.05) is 24.3 Å². The van der Waals surface area contributed by atoms with E-state index >= 15 is 0 Å². The molecule has 19 heavy (non-hydrogen) atoms. The largest absolute Gasteiger partial charge is 0.352 e. The van der Waals surface area contributed by atoms with Crippen LogP contribution in [0.25, 0.3) is 0 Å². The van der Waals surface area contributed by atoms with Gasteiger partial charge in [0.25, 0.3) is 0 Å². The lowest BCUT2D eigenvalue weighted by Gasteiger charge is -2.32. The molecular formula is C13H15ClN4O. The highest BCUT2D eigenvalue weighted by Gasteiger charge is 2.44. The quantitative estimate of drug-likeness (QED) is 0.930. The summed E-state index contributed by atoms with van der Waals surface area (Å²) in [5, 5.41) is 8.21. The summed E-state index contributed by atoms with van der Waals surface area (Å²) in [5.41, 5.74) is 0.642. The van der Waals surface area contributed by atoms with Crippen LogP contribution in [-0.4, -0.2) is 27.5 Å². The lowest BCUT2D eigenvalue weighted by Crippen LogP contribution is -2.42. The first-order valence-corrected chi connectivity index (χ1v) is 6.54. The van der Waals surface area contributed by atoms with Crippen molar-refractivity contribution in [1.29, 1.82) is 0 Å². The van der Waals surface area contributed by atoms with Crippen LogP contribution in [0.5, 0.6) is 0 Å². The Bertz CT molecular complexity index is 542. The Hall–Kier alpha value is -1.43. The van der Waals surface area contributed by atoms with E-state index in [1.165, 1.54) is 6.33 Å². The fraction of sp³-hybridized carbons (Fsp3) is 0.385. The fourth-order valence-corrected chi connectivity index (χ4v) is 2.61. The third-order valence-electron chi connectivity index (χ3n) is 3.62. The molecule has 1 aromatic heterocycles. The first kappa shape index (κ1) is 12.6. The predicted molar refractivity (Wildman–Crippen MR) is 71.7 cm³/mol. The zero-order valence-electron chi connectivity index (χ0n) is 10.6. The summed E-state index contributed by atoms with van der Waals surface area (Å²) >= 11 is 5.96. The van der Waals surface area contributed by atoms with Gasteiger partial charge in [-0.25, -0.2) is 9.67 Å². The van der Waals surface area contributed by atoms with Crippen LogP contribution in [0.15, 0.2) is 36.9 Å². The second-order valence-corrected chi connectivity index (χ2v) is 5.14. The molecule has 1 aliphatic rings. The van der Waals surface area contributed by atoms with Crippen molar-refractivity contribution < 1.29 is 4.74 Å². The van der Waals surface area contributed by atoms with E-state index in [-0.39, 0.29) is 6.04 Å². The van der Waals surface area contributed by atoms with Gasteiger partial charge in [-0.3, -0.25) is 5.32 Å². The van der Waals surface area contributed by atoms with Gasteiger partial charge in [-0.1, -0.05) is 23.7 Å². The second kappa shape index (κ2) is 4.92. The van der Waals surface area contributed by atoms with Crippen LogP contribution in [0.3, 0.4) is 0 Å². The average Bonchev–Trinajstić information content (AvgIpc) is 3.02. The average molecular weight is 279 g/mol. The maximum absolute atomic E-state index is 6.01. The molecule has 0 bridgehead atoms. The smallest absolute Gasteiger partial charge is 0.137 e. The summed E-state index contributed by atoms with van der Waals surface area (Å²) in [7, 11) is 0. The Morgan fingerprint density at radius 3 is 2.84 bits per heavy atom. The summed E-state index contributed by atoms with van der Waals surface area (Å²) < 4.78 is 7.80. The summed E-state index contributed by atoms with van der Waals surface area (Å²) in [6, 6.07) is 7.95. The minimum absolute atomic E-state index is 0.179. The van der Waals surface area contributed by atoms with E-state index in [1.54, 1.807) is 11.0 Å². The van der Waals surface area contributed by atoms with E-state index in [0.717, 1.165) is 10.6 Å². The first-order chi connectivity index (χ1) is 9.21. The molecule has 1 fully saturated rings. The summed E-state index contributed by atoms with van der Waals surface area (Å²) in [5.74, 6) is 0. The topological polar surface area (TPSA) is 52.0 Å². The molecule has 2 heterocycles. The molecule has 2 aromatic rings. The van der Waals surface area contributed by atoms with Crippen LogP contribution >= 0.6 is 11.6 Å². The normalized spacial score (nSPS) is 26.7. The van der Waals surface area contributed by atoms with Gasteiger partial charge >= 0.3 is 0 Å². The van der Waals surface area contributed by atoms with Crippen molar-refractivity contribution >= 4 is 11.6 Å². The first-order valence-electron chi connectivity index (χ1n) is 6.16. The molecule has 3 rings (SSSR count). The third kappa shape index (κ3) is 2.25. The maximum Gasteiger partial charge on any atom is 0.137 e. The lowest BCUT2D eigenvalue weighted by atomic mass is 9.87. The molecular weight excluding hydrogens is 264 g/mol. The van der Waals surface area contributed by atoms with E-state index < -0.39 is 5.60 Å². The molecule has 100 valence electrons. The molecule has 0 saturated carbocycles. The maximum atomic E-state index is 6.01. The highest BCUT2D eigenvalue weighted by molar-refractivity contribution is 6.30. The molecule has 0 radical (unpaired) electrons. The minimum atomic E-state index is -0.446. The summed E-state index contributed by atoms with van der Waals surface area (Å²) in [6.07, 6.45) is 3.23. The monoisotopic (exact) mass is 278 g/mol. The van der Waals surface area contributed by atoms with Crippen molar-refractivity contribution in [2.45, 2.75) is 25.1 Å². The van der Waals surface area contributed by atoms with Gasteiger partial charge in [-0.05, 0) is 24.6 Å². The van der Waals surface area contributed by atoms with Crippen LogP contribution in [-0.2, 0) is 16.9 Å². The number of rotatable bonds is 3. The van der Waals surface area contributed by atoms with Gasteiger partial charge in [0, 0.05) is 11.1 Å². The molecule has 1 unspecified atom stereocenters. The highest BCUT2D eigenvalue weighted by atomic mass is 35.5. The van der Waals surface area contributed by atoms with Crippen molar-refractivity contribution in [2.24, 2.45) is 0 Å². The number of nitrogens with one attached hydrogen (secondary N) is 1. The Kier molecular flexibility index (Phi) is 3.26. The van der Waals surface area contributed by atoms with Crippen molar-refractivity contribution in [3.05, 3.63) is 47.5 Å². The van der Waals surface area contributed by atoms with Gasteiger partial charge in [-0.2, -0.15) is 5.10 Å². The van der Waals surface area contributed by atoms with Crippen LogP contribution < -0.4 is 5.32 Å². The SMILES string of the molecule is CC1NCO[C@@]1(Cn1cncn1)c1ccc(Cl)cc1. The van der Waals surface area contributed by atoms with Gasteiger partial charge < -0.3 is 4.74 Å². The summed E-state index contributed by atoms with van der Waals surface area (Å²) in [4.78, 5) is 3.98. The van der Waals surface area contributed by atoms with Gasteiger partial charge in [0.15, 0.2) is 0 Å². The molecule has 1 aliphatic heterocycles. The highest BCUT2D eigenvalue weighted by Crippen LogP contribution is 2.35. The molecule has 1 N–H and O–H groups in total. The van der Waals surface area contributed by atoms with Crippen LogP contribution in [0, 0.1) is 0 Å². The van der Waals surface area contributed by atoms with E-state index in [2.05, 4.69) is 22.3 Å². The summed E-state index contributed by atoms with van der Waals surface area (Å²) in [6.45, 7) is 3.25. The number of aromatic nitrogens is 3. The fourth-order valence-electron chi connectivity index (χ4n) is 2.48. The predicted octanol–water partition coefficient (Wildman–Crippen LogP) is 1.79. The molecule has 1 aromatic carbocycles. The number of benzene rings is 1. The van der Waals surface area contributed by atoms with Crippen LogP contribution in [0.1, 0.15) is 12.5 Å². The van der Waals surface area contributed by atoms with Crippen LogP contribution in [0.2, 0.25) is 5.02 Å². The second-order valence-electron chi connectivity index (χ2n) is 4.70. The molecule has 0 aliphatic carbocycles. The Labute approximate surface area is 116 Å². The van der Waals surface area contributed by atoms with Gasteiger partial charge in [0.2, 0.25) is 0 Å². The molecule has 5 nitrogen and oxygen atoms in total. The molecule has 0 amide bonds. The van der Waals surface area contributed by atoms with Gasteiger partial charge in [0.1, 0.15) is 18.3 Å². The number of hydrogen-bond acceptors (Lipinski definition) is 4. The standard InChI is InChI=1S/C13H15ClN4O/c1-10-13(19-9-16-10,6-18-8-15-7-17-18)11-2-4-12(14)5-3-11/h2-5,7-8,10,16H,6,9H2,1H3/t10?,13-/m1/s1. The van der Waals surface area contributed by atoms with E-state index in [4.69, 9.17) is 16.3 Å². The number of halogens is 1. The molecule has 6 heteroatoms. The van der Waals surface area contributed by atoms with Gasteiger partial charge in [-0.15, -0.1) is 0 Å². The van der Waals surface area contributed by atoms with Crippen molar-refractivity contribution in [3.8, 4) is 0 Å². The molecule has 2 atom stereocenters. The van der Waals surface area contributed by atoms with E-state index in [0.29, 0.717) is 13.3 Å². The molecule has 1 saturated heterocycles. The number of nitrogens with zero attached hydrogens (tertiary/aromatic N) is 3. The lowest BCUT2D eigenvalue weighted by molar-refractivity contribution is -0.0240. The molecule has 0 spiro atoms. The van der Waals surface area contributed by atoms with E-state index in [9.17, 15) is 0 Å². The van der Waals surface area contributed by atoms with Crippen molar-refractivity contribution in [2.75, 3.05) is 6.73 Å². The Morgan fingerprint density at radius 2 is 2.26 bits per heavy atom. The zero-order chi connectivity index (χ0) is 13.3. The van der Waals surface area contributed by atoms with Crippen LogP contribution in [0.4, 0.5) is 0 Å². The minimum Gasteiger partial charge on any atom is -0.352 e. The van der Waals surface area contributed by atoms with Gasteiger partial charge in [0.05, 0.1) is 13.3 Å². The van der Waals surface area contributed by atoms with Crippen molar-refractivity contribution in [3.63, 3.8) is 0 Å². The Morgan fingerprint density at radius 1 is 1.47 bits per heavy atom. The number of hydrogen-bond donors (Lipinski definition) is 1. The Balaban J connectivity index is 1.99. The third-order valence-corrected chi connectivity index (χ3v) is 3.87. The zero-order valence-corrected chi connectivity index (χ0v) is 11.3.